The number of benzene rings is 7. The molecule has 0 bridgehead atoms. The summed E-state index contributed by atoms with van der Waals surface area (Å²) in [4.78, 5) is 0. The minimum atomic E-state index is 0.0330. The summed E-state index contributed by atoms with van der Waals surface area (Å²) in [6, 6.07) is 55.6. The second kappa shape index (κ2) is 16.1. The lowest BCUT2D eigenvalue weighted by Gasteiger charge is -2.22. The minimum Gasteiger partial charge on any atom is -0.135 e. The number of allylic oxidation sites excluding steroid dienone is 2. The van der Waals surface area contributed by atoms with Gasteiger partial charge >= 0.3 is 0 Å². The Hall–Kier alpha value is -5.76. The zero-order chi connectivity index (χ0) is 38.6. The van der Waals surface area contributed by atoms with Gasteiger partial charge in [0.2, 0.25) is 0 Å². The summed E-state index contributed by atoms with van der Waals surface area (Å²) < 4.78 is 2.78. The van der Waals surface area contributed by atoms with Crippen molar-refractivity contribution in [2.24, 2.45) is 0 Å². The summed E-state index contributed by atoms with van der Waals surface area (Å²) in [5.41, 5.74) is 17.6. The third-order valence-electron chi connectivity index (χ3n) is 11.2. The van der Waals surface area contributed by atoms with Gasteiger partial charge in [-0.3, -0.25) is 0 Å². The SMILES string of the molecule is CCCc1cc(-c2ccccc2)cc(-c2ccc3c(c2)C(C)(C)c2ccccc2-3)c1.Cc1ccc2c(c1)C=CCC=C2.Cc1ccc2c(c1)sc1ccccc12. The van der Waals surface area contributed by atoms with Crippen molar-refractivity contribution in [3.05, 3.63) is 203 Å². The van der Waals surface area contributed by atoms with Gasteiger partial charge in [-0.2, -0.15) is 0 Å². The summed E-state index contributed by atoms with van der Waals surface area (Å²) in [7, 11) is 0. The van der Waals surface area contributed by atoms with E-state index in [9.17, 15) is 0 Å². The van der Waals surface area contributed by atoms with E-state index in [0.717, 1.165) is 19.3 Å². The van der Waals surface area contributed by atoms with Crippen molar-refractivity contribution >= 4 is 43.7 Å². The Morgan fingerprint density at radius 2 is 1.16 bits per heavy atom. The minimum absolute atomic E-state index is 0.0330. The van der Waals surface area contributed by atoms with Gasteiger partial charge in [0.25, 0.3) is 0 Å². The molecule has 0 fully saturated rings. The molecule has 1 heterocycles. The summed E-state index contributed by atoms with van der Waals surface area (Å²) in [5.74, 6) is 0. The Morgan fingerprint density at radius 1 is 0.500 bits per heavy atom. The highest BCUT2D eigenvalue weighted by atomic mass is 32.1. The van der Waals surface area contributed by atoms with Crippen LogP contribution in [0.3, 0.4) is 0 Å². The molecule has 2 aliphatic rings. The lowest BCUT2D eigenvalue weighted by atomic mass is 9.81. The van der Waals surface area contributed by atoms with Crippen LogP contribution in [0.1, 0.15) is 72.6 Å². The van der Waals surface area contributed by atoms with Crippen molar-refractivity contribution < 1.29 is 0 Å². The first-order valence-corrected chi connectivity index (χ1v) is 20.9. The normalized spacial score (nSPS) is 13.2. The average molecular weight is 743 g/mol. The average Bonchev–Trinajstić information content (AvgIpc) is 3.57. The summed E-state index contributed by atoms with van der Waals surface area (Å²) in [5, 5.41) is 2.77. The number of fused-ring (bicyclic) bond motifs is 7. The Kier molecular flexibility index (Phi) is 10.7. The van der Waals surface area contributed by atoms with E-state index in [1.165, 1.54) is 92.5 Å². The summed E-state index contributed by atoms with van der Waals surface area (Å²) in [6.07, 6.45) is 12.1. The van der Waals surface area contributed by atoms with Crippen LogP contribution in [0.25, 0.3) is 65.7 Å². The molecule has 0 radical (unpaired) electrons. The third kappa shape index (κ3) is 7.70. The van der Waals surface area contributed by atoms with Gasteiger partial charge in [-0.05, 0) is 118 Å². The molecule has 0 atom stereocenters. The predicted octanol–water partition coefficient (Wildman–Crippen LogP) is 16.1. The highest BCUT2D eigenvalue weighted by Crippen LogP contribution is 2.49. The van der Waals surface area contributed by atoms with Crippen molar-refractivity contribution in [1.82, 2.24) is 0 Å². The van der Waals surface area contributed by atoms with Crippen LogP contribution in [0, 0.1) is 13.8 Å². The van der Waals surface area contributed by atoms with Crippen LogP contribution in [0.2, 0.25) is 0 Å². The van der Waals surface area contributed by atoms with Gasteiger partial charge in [-0.1, -0.05) is 184 Å². The maximum absolute atomic E-state index is 2.43. The number of hydrogen-bond acceptors (Lipinski definition) is 1. The van der Waals surface area contributed by atoms with Crippen molar-refractivity contribution in [2.75, 3.05) is 0 Å². The van der Waals surface area contributed by atoms with Gasteiger partial charge in [0.15, 0.2) is 0 Å². The third-order valence-corrected chi connectivity index (χ3v) is 12.3. The Labute approximate surface area is 337 Å². The molecular formula is C55H50S. The van der Waals surface area contributed by atoms with Crippen LogP contribution in [0.4, 0.5) is 0 Å². The van der Waals surface area contributed by atoms with Crippen LogP contribution in [0.5, 0.6) is 0 Å². The number of hydrogen-bond donors (Lipinski definition) is 0. The second-order valence-electron chi connectivity index (χ2n) is 15.7. The molecule has 0 amide bonds. The number of aryl methyl sites for hydroxylation is 3. The van der Waals surface area contributed by atoms with E-state index in [0.29, 0.717) is 0 Å². The van der Waals surface area contributed by atoms with Gasteiger partial charge in [0, 0.05) is 25.6 Å². The van der Waals surface area contributed by atoms with Gasteiger partial charge in [0.05, 0.1) is 0 Å². The molecule has 0 aliphatic heterocycles. The Balaban J connectivity index is 0.000000139. The number of thiophene rings is 1. The van der Waals surface area contributed by atoms with Gasteiger partial charge in [0.1, 0.15) is 0 Å². The van der Waals surface area contributed by atoms with Gasteiger partial charge in [-0.25, -0.2) is 0 Å². The topological polar surface area (TPSA) is 0 Å². The fourth-order valence-corrected chi connectivity index (χ4v) is 9.47. The van der Waals surface area contributed by atoms with Crippen LogP contribution in [-0.2, 0) is 11.8 Å². The summed E-state index contributed by atoms with van der Waals surface area (Å²) >= 11 is 1.88. The molecule has 0 nitrogen and oxygen atoms in total. The monoisotopic (exact) mass is 742 g/mol. The zero-order valence-corrected chi connectivity index (χ0v) is 34.1. The van der Waals surface area contributed by atoms with Crippen molar-refractivity contribution in [1.29, 1.82) is 0 Å². The van der Waals surface area contributed by atoms with Crippen LogP contribution >= 0.6 is 11.3 Å². The molecule has 8 aromatic rings. The van der Waals surface area contributed by atoms with Crippen LogP contribution in [0.15, 0.2) is 164 Å². The quantitative estimate of drug-likeness (QED) is 0.168. The molecule has 0 unspecified atom stereocenters. The molecule has 1 heteroatoms. The molecule has 0 saturated heterocycles. The first kappa shape index (κ1) is 37.2. The highest BCUT2D eigenvalue weighted by Gasteiger charge is 2.35. The molecule has 0 spiro atoms. The zero-order valence-electron chi connectivity index (χ0n) is 33.3. The maximum Gasteiger partial charge on any atom is 0.0358 e. The van der Waals surface area contributed by atoms with Gasteiger partial charge in [-0.15, -0.1) is 11.3 Å². The molecule has 276 valence electrons. The number of rotatable bonds is 4. The molecule has 0 N–H and O–H groups in total. The van der Waals surface area contributed by atoms with E-state index in [2.05, 4.69) is 211 Å². The summed E-state index contributed by atoms with van der Waals surface area (Å²) in [6.45, 7) is 11.2. The van der Waals surface area contributed by atoms with E-state index in [-0.39, 0.29) is 5.41 Å². The molecular weight excluding hydrogens is 693 g/mol. The molecule has 10 rings (SSSR count). The van der Waals surface area contributed by atoms with E-state index in [4.69, 9.17) is 0 Å². The smallest absolute Gasteiger partial charge is 0.0358 e. The van der Waals surface area contributed by atoms with E-state index < -0.39 is 0 Å². The first-order chi connectivity index (χ1) is 27.3. The molecule has 7 aromatic carbocycles. The molecule has 1 aromatic heterocycles. The van der Waals surface area contributed by atoms with E-state index in [1.807, 2.05) is 11.3 Å². The first-order valence-electron chi connectivity index (χ1n) is 20.0. The molecule has 2 aliphatic carbocycles. The highest BCUT2D eigenvalue weighted by molar-refractivity contribution is 7.25. The van der Waals surface area contributed by atoms with E-state index >= 15 is 0 Å². The maximum atomic E-state index is 2.43. The standard InChI is InChI=1S/C30H28.C13H10S.C12H12/c1-4-10-21-17-24(22-11-6-5-7-12-22)19-25(18-21)23-15-16-27-26-13-8-9-14-28(26)30(2,3)29(27)20-23;1-9-6-7-11-10-4-2-3-5-12(10)14-13(11)8-9;1-10-7-8-11-5-3-2-4-6-12(11)9-10/h5-9,11-20H,4,10H2,1-3H3;2-8H,1H3;3-9H,2H2,1H3. The van der Waals surface area contributed by atoms with E-state index in [1.54, 1.807) is 0 Å². The van der Waals surface area contributed by atoms with Crippen molar-refractivity contribution in [3.63, 3.8) is 0 Å². The van der Waals surface area contributed by atoms with Crippen LogP contribution < -0.4 is 0 Å². The molecule has 0 saturated carbocycles. The largest absolute Gasteiger partial charge is 0.135 e. The Bertz CT molecular complexity index is 2720. The van der Waals surface area contributed by atoms with Gasteiger partial charge < -0.3 is 0 Å². The van der Waals surface area contributed by atoms with Crippen molar-refractivity contribution in [3.8, 4) is 33.4 Å². The second-order valence-corrected chi connectivity index (χ2v) is 16.8. The molecule has 56 heavy (non-hydrogen) atoms. The van der Waals surface area contributed by atoms with Crippen LogP contribution in [-0.4, -0.2) is 0 Å². The van der Waals surface area contributed by atoms with Crippen molar-refractivity contribution in [2.45, 2.75) is 59.3 Å². The fraction of sp³-hybridized carbons (Fsp3) is 0.164. The predicted molar refractivity (Wildman–Crippen MR) is 247 cm³/mol. The lowest BCUT2D eigenvalue weighted by molar-refractivity contribution is 0.660. The fourth-order valence-electron chi connectivity index (χ4n) is 8.26. The Morgan fingerprint density at radius 3 is 1.98 bits per heavy atom. The lowest BCUT2D eigenvalue weighted by Crippen LogP contribution is -2.14.